The van der Waals surface area contributed by atoms with Crippen molar-refractivity contribution < 1.29 is 14.0 Å². The molecular weight excluding hydrogens is 371 g/mol. The molecule has 8 heteroatoms. The number of likely N-dealkylation sites (N-methyl/N-ethyl adjacent to an activating group) is 1. The Bertz CT molecular complexity index is 904. The fourth-order valence-electron chi connectivity index (χ4n) is 2.15. The second-order valence-corrected chi connectivity index (χ2v) is 6.24. The molecule has 0 atom stereocenters. The van der Waals surface area contributed by atoms with Crippen molar-refractivity contribution in [3.05, 3.63) is 51.7 Å². The Morgan fingerprint density at radius 1 is 1.21 bits per heavy atom. The zero-order chi connectivity index (χ0) is 17.4. The highest BCUT2D eigenvalue weighted by molar-refractivity contribution is 7.80. The Hall–Kier alpha value is -2.15. The molecule has 1 aliphatic heterocycles. The van der Waals surface area contributed by atoms with E-state index in [1.807, 2.05) is 0 Å². The number of carbonyl (C=O) groups excluding carboxylic acids is 2. The van der Waals surface area contributed by atoms with Crippen molar-refractivity contribution in [2.75, 3.05) is 7.05 Å². The first kappa shape index (κ1) is 16.7. The van der Waals surface area contributed by atoms with E-state index in [-0.39, 0.29) is 10.7 Å². The molecule has 3 rings (SSSR count). The van der Waals surface area contributed by atoms with Crippen LogP contribution in [0.4, 0.5) is 0 Å². The molecule has 0 bridgehead atoms. The predicted octanol–water partition coefficient (Wildman–Crippen LogP) is 3.51. The molecule has 2 aromatic rings. The van der Waals surface area contributed by atoms with Crippen LogP contribution >= 0.6 is 35.4 Å². The van der Waals surface area contributed by atoms with E-state index in [9.17, 15) is 9.59 Å². The van der Waals surface area contributed by atoms with E-state index >= 15 is 0 Å². The standard InChI is InChI=1S/C16H10Cl2N2O3S/c1-20-15(22)11(14(21)19-16(20)24)7-9-3-5-13(23-9)10-6-8(17)2-4-12(10)18/h2-7H,1H3,(H,19,21,24)/b11-7+. The van der Waals surface area contributed by atoms with Gasteiger partial charge in [-0.1, -0.05) is 23.2 Å². The summed E-state index contributed by atoms with van der Waals surface area (Å²) in [6, 6.07) is 8.32. The van der Waals surface area contributed by atoms with E-state index in [1.54, 1.807) is 30.3 Å². The molecule has 0 aliphatic carbocycles. The Labute approximate surface area is 152 Å². The van der Waals surface area contributed by atoms with Crippen LogP contribution in [-0.4, -0.2) is 28.9 Å². The van der Waals surface area contributed by atoms with E-state index in [2.05, 4.69) is 5.32 Å². The van der Waals surface area contributed by atoms with Gasteiger partial charge in [-0.15, -0.1) is 0 Å². The van der Waals surface area contributed by atoms with E-state index in [0.29, 0.717) is 27.1 Å². The average molecular weight is 381 g/mol. The van der Waals surface area contributed by atoms with Gasteiger partial charge in [-0.25, -0.2) is 0 Å². The van der Waals surface area contributed by atoms with Crippen molar-refractivity contribution >= 4 is 58.4 Å². The number of benzene rings is 1. The topological polar surface area (TPSA) is 62.6 Å². The van der Waals surface area contributed by atoms with Crippen LogP contribution < -0.4 is 5.32 Å². The van der Waals surface area contributed by atoms with Gasteiger partial charge in [0.2, 0.25) is 0 Å². The van der Waals surface area contributed by atoms with Gasteiger partial charge in [0.05, 0.1) is 5.02 Å². The maximum Gasteiger partial charge on any atom is 0.265 e. The number of rotatable bonds is 2. The van der Waals surface area contributed by atoms with E-state index in [4.69, 9.17) is 39.8 Å². The Kier molecular flexibility index (Phi) is 4.45. The first-order chi connectivity index (χ1) is 11.4. The summed E-state index contributed by atoms with van der Waals surface area (Å²) in [4.78, 5) is 25.3. The highest BCUT2D eigenvalue weighted by atomic mass is 35.5. The minimum Gasteiger partial charge on any atom is -0.457 e. The van der Waals surface area contributed by atoms with Gasteiger partial charge >= 0.3 is 0 Å². The molecule has 1 aromatic carbocycles. The fourth-order valence-corrected chi connectivity index (χ4v) is 2.71. The third kappa shape index (κ3) is 3.08. The minimum absolute atomic E-state index is 0.0630. The molecule has 0 saturated carbocycles. The Balaban J connectivity index is 1.96. The molecule has 5 nitrogen and oxygen atoms in total. The molecule has 1 aromatic heterocycles. The maximum absolute atomic E-state index is 12.2. The van der Waals surface area contributed by atoms with Gasteiger partial charge in [-0.2, -0.15) is 0 Å². The maximum atomic E-state index is 12.2. The number of nitrogens with zero attached hydrogens (tertiary/aromatic N) is 1. The molecule has 2 heterocycles. The highest BCUT2D eigenvalue weighted by Gasteiger charge is 2.31. The quantitative estimate of drug-likeness (QED) is 0.491. The van der Waals surface area contributed by atoms with Crippen LogP contribution in [-0.2, 0) is 9.59 Å². The summed E-state index contributed by atoms with van der Waals surface area (Å²) in [5.74, 6) is -0.257. The SMILES string of the molecule is CN1C(=O)/C(=C/c2ccc(-c3cc(Cl)ccc3Cl)o2)C(=O)NC1=S. The molecule has 24 heavy (non-hydrogen) atoms. The minimum atomic E-state index is -0.568. The normalized spacial score (nSPS) is 16.7. The van der Waals surface area contributed by atoms with Gasteiger partial charge in [-0.05, 0) is 48.6 Å². The lowest BCUT2D eigenvalue weighted by molar-refractivity contribution is -0.128. The second kappa shape index (κ2) is 6.39. The number of hydrogen-bond donors (Lipinski definition) is 1. The Morgan fingerprint density at radius 2 is 1.96 bits per heavy atom. The van der Waals surface area contributed by atoms with Crippen molar-refractivity contribution in [3.63, 3.8) is 0 Å². The van der Waals surface area contributed by atoms with E-state index in [1.165, 1.54) is 18.0 Å². The van der Waals surface area contributed by atoms with Crippen LogP contribution in [0.15, 0.2) is 40.3 Å². The van der Waals surface area contributed by atoms with Crippen molar-refractivity contribution in [2.24, 2.45) is 0 Å². The van der Waals surface area contributed by atoms with Crippen molar-refractivity contribution in [2.45, 2.75) is 0 Å². The number of carbonyl (C=O) groups is 2. The van der Waals surface area contributed by atoms with Crippen molar-refractivity contribution in [1.29, 1.82) is 0 Å². The summed E-state index contributed by atoms with van der Waals surface area (Å²) in [6.07, 6.45) is 1.36. The monoisotopic (exact) mass is 380 g/mol. The van der Waals surface area contributed by atoms with Crippen molar-refractivity contribution in [1.82, 2.24) is 10.2 Å². The molecule has 1 aliphatic rings. The summed E-state index contributed by atoms with van der Waals surface area (Å²) in [5, 5.41) is 3.49. The lowest BCUT2D eigenvalue weighted by atomic mass is 10.1. The third-order valence-corrected chi connectivity index (χ3v) is 4.35. The molecule has 1 fully saturated rings. The molecule has 1 N–H and O–H groups in total. The van der Waals surface area contributed by atoms with Gasteiger partial charge in [0.25, 0.3) is 11.8 Å². The molecule has 1 saturated heterocycles. The van der Waals surface area contributed by atoms with Gasteiger partial charge in [0.1, 0.15) is 17.1 Å². The third-order valence-electron chi connectivity index (χ3n) is 3.41. The zero-order valence-electron chi connectivity index (χ0n) is 12.3. The number of amides is 2. The number of nitrogens with one attached hydrogen (secondary N) is 1. The van der Waals surface area contributed by atoms with Crippen molar-refractivity contribution in [3.8, 4) is 11.3 Å². The molecule has 0 radical (unpaired) electrons. The first-order valence-electron chi connectivity index (χ1n) is 6.77. The van der Waals surface area contributed by atoms with Crippen LogP contribution in [0.1, 0.15) is 5.76 Å². The van der Waals surface area contributed by atoms with Crippen LogP contribution in [0.5, 0.6) is 0 Å². The predicted molar refractivity (Wildman–Crippen MR) is 95.7 cm³/mol. The van der Waals surface area contributed by atoms with E-state index in [0.717, 1.165) is 0 Å². The molecule has 2 amide bonds. The largest absolute Gasteiger partial charge is 0.457 e. The van der Waals surface area contributed by atoms with Crippen LogP contribution in [0, 0.1) is 0 Å². The molecule has 122 valence electrons. The summed E-state index contributed by atoms with van der Waals surface area (Å²) in [5.41, 5.74) is 0.552. The summed E-state index contributed by atoms with van der Waals surface area (Å²) in [7, 11) is 1.48. The van der Waals surface area contributed by atoms with Crippen LogP contribution in [0.2, 0.25) is 10.0 Å². The number of halogens is 2. The van der Waals surface area contributed by atoms with Crippen LogP contribution in [0.3, 0.4) is 0 Å². The number of hydrogen-bond acceptors (Lipinski definition) is 4. The van der Waals surface area contributed by atoms with Gasteiger partial charge in [0.15, 0.2) is 5.11 Å². The smallest absolute Gasteiger partial charge is 0.265 e. The highest BCUT2D eigenvalue weighted by Crippen LogP contribution is 2.32. The second-order valence-electron chi connectivity index (χ2n) is 5.01. The lowest BCUT2D eigenvalue weighted by Gasteiger charge is -2.24. The molecular formula is C16H10Cl2N2O3S. The summed E-state index contributed by atoms with van der Waals surface area (Å²) < 4.78 is 5.66. The number of thiocarbonyl (C=S) groups is 1. The first-order valence-corrected chi connectivity index (χ1v) is 7.93. The summed E-state index contributed by atoms with van der Waals surface area (Å²) in [6.45, 7) is 0. The Morgan fingerprint density at radius 3 is 2.71 bits per heavy atom. The van der Waals surface area contributed by atoms with E-state index < -0.39 is 11.8 Å². The summed E-state index contributed by atoms with van der Waals surface area (Å²) >= 11 is 17.0. The van der Waals surface area contributed by atoms with Crippen LogP contribution in [0.25, 0.3) is 17.4 Å². The zero-order valence-corrected chi connectivity index (χ0v) is 14.6. The fraction of sp³-hybridized carbons (Fsp3) is 0.0625. The number of furan rings is 1. The van der Waals surface area contributed by atoms with Gasteiger partial charge in [-0.3, -0.25) is 19.8 Å². The molecule has 0 unspecified atom stereocenters. The van der Waals surface area contributed by atoms with Gasteiger partial charge in [0, 0.05) is 17.6 Å². The van der Waals surface area contributed by atoms with Gasteiger partial charge < -0.3 is 4.42 Å². The lowest BCUT2D eigenvalue weighted by Crippen LogP contribution is -2.52. The average Bonchev–Trinajstić information content (AvgIpc) is 3.00. The molecule has 0 spiro atoms.